The fourth-order valence-electron chi connectivity index (χ4n) is 1.32. The van der Waals surface area contributed by atoms with Gasteiger partial charge in [-0.1, -0.05) is 0 Å². The number of rotatable bonds is 2. The van der Waals surface area contributed by atoms with Crippen molar-refractivity contribution in [1.29, 1.82) is 0 Å². The van der Waals surface area contributed by atoms with Crippen LogP contribution in [-0.4, -0.2) is 10.9 Å². The van der Waals surface area contributed by atoms with Gasteiger partial charge in [0.05, 0.1) is 17.4 Å². The van der Waals surface area contributed by atoms with E-state index in [0.29, 0.717) is 10.2 Å². The van der Waals surface area contributed by atoms with Crippen LogP contribution in [0.5, 0.6) is 0 Å². The predicted octanol–water partition coefficient (Wildman–Crippen LogP) is 3.37. The lowest BCUT2D eigenvalue weighted by molar-refractivity contribution is 0.102. The van der Waals surface area contributed by atoms with E-state index >= 15 is 0 Å². The summed E-state index contributed by atoms with van der Waals surface area (Å²) in [5.74, 6) is -1.54. The number of benzene rings is 1. The summed E-state index contributed by atoms with van der Waals surface area (Å²) < 4.78 is 26.2. The number of halogens is 3. The molecule has 0 aliphatic rings. The summed E-state index contributed by atoms with van der Waals surface area (Å²) in [6.07, 6.45) is 2.25. The molecule has 0 spiro atoms. The summed E-state index contributed by atoms with van der Waals surface area (Å²) >= 11 is 3.12. The number of aromatic nitrogens is 1. The molecule has 6 heteroatoms. The van der Waals surface area contributed by atoms with Crippen LogP contribution in [0.4, 0.5) is 14.5 Å². The fourth-order valence-corrected chi connectivity index (χ4v) is 1.77. The maximum atomic E-state index is 12.9. The largest absolute Gasteiger partial charge is 0.321 e. The topological polar surface area (TPSA) is 42.0 Å². The standard InChI is InChI=1S/C12H7BrF2N2O/c13-10-4-8(14)1-2-11(10)17-12(18)7-3-9(15)6-16-5-7/h1-6H,(H,17,18). The number of amides is 1. The van der Waals surface area contributed by atoms with Gasteiger partial charge in [0.15, 0.2) is 0 Å². The number of nitrogens with zero attached hydrogens (tertiary/aromatic N) is 1. The van der Waals surface area contributed by atoms with Crippen molar-refractivity contribution < 1.29 is 13.6 Å². The van der Waals surface area contributed by atoms with Gasteiger partial charge >= 0.3 is 0 Å². The van der Waals surface area contributed by atoms with E-state index in [2.05, 4.69) is 26.2 Å². The first kappa shape index (κ1) is 12.6. The van der Waals surface area contributed by atoms with Crippen molar-refractivity contribution in [2.75, 3.05) is 5.32 Å². The molecule has 0 unspecified atom stereocenters. The molecule has 0 fully saturated rings. The molecule has 0 saturated carbocycles. The van der Waals surface area contributed by atoms with Crippen LogP contribution < -0.4 is 5.32 Å². The number of hydrogen-bond acceptors (Lipinski definition) is 2. The quantitative estimate of drug-likeness (QED) is 0.923. The summed E-state index contributed by atoms with van der Waals surface area (Å²) in [7, 11) is 0. The molecular formula is C12H7BrF2N2O. The first-order valence-corrected chi connectivity index (χ1v) is 5.72. The number of nitrogens with one attached hydrogen (secondary N) is 1. The summed E-state index contributed by atoms with van der Waals surface area (Å²) in [6, 6.07) is 4.91. The minimum atomic E-state index is -0.596. The Labute approximate surface area is 110 Å². The van der Waals surface area contributed by atoms with Gasteiger partial charge in [-0.25, -0.2) is 8.78 Å². The van der Waals surface area contributed by atoms with E-state index in [0.717, 1.165) is 12.3 Å². The summed E-state index contributed by atoms with van der Waals surface area (Å²) in [4.78, 5) is 15.3. The van der Waals surface area contributed by atoms with Gasteiger partial charge in [0.1, 0.15) is 11.6 Å². The number of anilines is 1. The monoisotopic (exact) mass is 312 g/mol. The average Bonchev–Trinajstić information content (AvgIpc) is 2.32. The second-order valence-electron chi connectivity index (χ2n) is 3.47. The molecule has 1 heterocycles. The molecule has 0 bridgehead atoms. The van der Waals surface area contributed by atoms with Gasteiger partial charge in [0, 0.05) is 10.7 Å². The highest BCUT2D eigenvalue weighted by molar-refractivity contribution is 9.10. The summed E-state index contributed by atoms with van der Waals surface area (Å²) in [5.41, 5.74) is 0.483. The fraction of sp³-hybridized carbons (Fsp3) is 0. The molecule has 18 heavy (non-hydrogen) atoms. The summed E-state index contributed by atoms with van der Waals surface area (Å²) in [6.45, 7) is 0. The van der Waals surface area contributed by atoms with Crippen molar-refractivity contribution in [2.24, 2.45) is 0 Å². The van der Waals surface area contributed by atoms with Crippen molar-refractivity contribution in [3.63, 3.8) is 0 Å². The number of hydrogen-bond donors (Lipinski definition) is 1. The zero-order valence-electron chi connectivity index (χ0n) is 8.95. The Morgan fingerprint density at radius 1 is 1.17 bits per heavy atom. The van der Waals surface area contributed by atoms with Crippen molar-refractivity contribution >= 4 is 27.5 Å². The molecule has 2 aromatic rings. The normalized spacial score (nSPS) is 10.2. The molecule has 0 saturated heterocycles. The molecule has 92 valence electrons. The third-order valence-corrected chi connectivity index (χ3v) is 2.80. The van der Waals surface area contributed by atoms with Crippen LogP contribution in [0.1, 0.15) is 10.4 Å². The molecule has 1 aromatic heterocycles. The van der Waals surface area contributed by atoms with E-state index in [1.165, 1.54) is 24.4 Å². The van der Waals surface area contributed by atoms with Gasteiger partial charge in [0.2, 0.25) is 0 Å². The molecule has 1 N–H and O–H groups in total. The Bertz CT molecular complexity index is 604. The number of pyridine rings is 1. The third-order valence-electron chi connectivity index (χ3n) is 2.15. The highest BCUT2D eigenvalue weighted by Crippen LogP contribution is 2.23. The van der Waals surface area contributed by atoms with Crippen LogP contribution in [-0.2, 0) is 0 Å². The maximum Gasteiger partial charge on any atom is 0.257 e. The van der Waals surface area contributed by atoms with Crippen molar-refractivity contribution in [3.05, 3.63) is 58.3 Å². The SMILES string of the molecule is O=C(Nc1ccc(F)cc1Br)c1cncc(F)c1. The average molecular weight is 313 g/mol. The molecule has 0 aliphatic carbocycles. The molecule has 1 amide bonds. The highest BCUT2D eigenvalue weighted by Gasteiger charge is 2.10. The molecular weight excluding hydrogens is 306 g/mol. The Morgan fingerprint density at radius 3 is 2.61 bits per heavy atom. The van der Waals surface area contributed by atoms with Crippen molar-refractivity contribution in [2.45, 2.75) is 0 Å². The lowest BCUT2D eigenvalue weighted by atomic mass is 10.2. The van der Waals surface area contributed by atoms with Gasteiger partial charge in [-0.15, -0.1) is 0 Å². The second-order valence-corrected chi connectivity index (χ2v) is 4.32. The van der Waals surface area contributed by atoms with Crippen LogP contribution in [0.25, 0.3) is 0 Å². The van der Waals surface area contributed by atoms with E-state index < -0.39 is 17.5 Å². The van der Waals surface area contributed by atoms with Crippen molar-refractivity contribution in [1.82, 2.24) is 4.98 Å². The first-order chi connectivity index (χ1) is 8.56. The molecule has 3 nitrogen and oxygen atoms in total. The minimum Gasteiger partial charge on any atom is -0.321 e. The second kappa shape index (κ2) is 5.22. The maximum absolute atomic E-state index is 12.9. The van der Waals surface area contributed by atoms with E-state index in [1.807, 2.05) is 0 Å². The van der Waals surface area contributed by atoms with Gasteiger partial charge < -0.3 is 5.32 Å². The smallest absolute Gasteiger partial charge is 0.257 e. The molecule has 2 rings (SSSR count). The summed E-state index contributed by atoms with van der Waals surface area (Å²) in [5, 5.41) is 2.52. The Kier molecular flexibility index (Phi) is 3.66. The molecule has 0 radical (unpaired) electrons. The highest BCUT2D eigenvalue weighted by atomic mass is 79.9. The number of carbonyl (C=O) groups excluding carboxylic acids is 1. The Morgan fingerprint density at radius 2 is 1.94 bits per heavy atom. The van der Waals surface area contributed by atoms with E-state index in [9.17, 15) is 13.6 Å². The lowest BCUT2D eigenvalue weighted by Crippen LogP contribution is -2.12. The lowest BCUT2D eigenvalue weighted by Gasteiger charge is -2.07. The van der Waals surface area contributed by atoms with E-state index in [1.54, 1.807) is 0 Å². The van der Waals surface area contributed by atoms with Crippen molar-refractivity contribution in [3.8, 4) is 0 Å². The van der Waals surface area contributed by atoms with Crippen LogP contribution in [0, 0.1) is 11.6 Å². The zero-order valence-corrected chi connectivity index (χ0v) is 10.5. The number of carbonyl (C=O) groups is 1. The third kappa shape index (κ3) is 2.89. The van der Waals surface area contributed by atoms with Gasteiger partial charge in [0.25, 0.3) is 5.91 Å². The van der Waals surface area contributed by atoms with Crippen LogP contribution >= 0.6 is 15.9 Å². The molecule has 0 aliphatic heterocycles. The Hall–Kier alpha value is -1.82. The van der Waals surface area contributed by atoms with E-state index in [4.69, 9.17) is 0 Å². The van der Waals surface area contributed by atoms with Crippen LogP contribution in [0.15, 0.2) is 41.1 Å². The molecule has 1 aromatic carbocycles. The zero-order chi connectivity index (χ0) is 13.1. The van der Waals surface area contributed by atoms with Crippen LogP contribution in [0.3, 0.4) is 0 Å². The van der Waals surface area contributed by atoms with Gasteiger partial charge in [-0.2, -0.15) is 0 Å². The van der Waals surface area contributed by atoms with Gasteiger partial charge in [-0.05, 0) is 40.2 Å². The van der Waals surface area contributed by atoms with Gasteiger partial charge in [-0.3, -0.25) is 9.78 Å². The van der Waals surface area contributed by atoms with Crippen LogP contribution in [0.2, 0.25) is 0 Å². The van der Waals surface area contributed by atoms with E-state index in [-0.39, 0.29) is 5.56 Å². The first-order valence-electron chi connectivity index (χ1n) is 4.93. The minimum absolute atomic E-state index is 0.0891. The predicted molar refractivity (Wildman–Crippen MR) is 66.2 cm³/mol. The Balaban J connectivity index is 2.21. The molecule has 0 atom stereocenters.